The molecule has 0 aromatic carbocycles. The average Bonchev–Trinajstić information content (AvgIpc) is 3.08. The summed E-state index contributed by atoms with van der Waals surface area (Å²) in [5, 5.41) is 0. The maximum absolute atomic E-state index is 5.57. The smallest absolute Gasteiger partial charge is 0.129 e. The van der Waals surface area contributed by atoms with E-state index in [0.717, 1.165) is 35.5 Å². The molecule has 1 aromatic rings. The summed E-state index contributed by atoms with van der Waals surface area (Å²) < 4.78 is 1.07. The predicted molar refractivity (Wildman–Crippen MR) is 70.7 cm³/mol. The number of hydrogen-bond acceptors (Lipinski definition) is 3. The molecule has 1 fully saturated rings. The Balaban J connectivity index is 2.14. The molecule has 1 aliphatic carbocycles. The van der Waals surface area contributed by atoms with Crippen molar-refractivity contribution < 1.29 is 0 Å². The van der Waals surface area contributed by atoms with E-state index in [1.54, 1.807) is 0 Å². The summed E-state index contributed by atoms with van der Waals surface area (Å²) in [6, 6.07) is 4.86. The van der Waals surface area contributed by atoms with Crippen LogP contribution in [0.5, 0.6) is 0 Å². The molecule has 2 N–H and O–H groups in total. The second-order valence-corrected chi connectivity index (χ2v) is 5.16. The van der Waals surface area contributed by atoms with Crippen molar-refractivity contribution in [1.82, 2.24) is 4.98 Å². The summed E-state index contributed by atoms with van der Waals surface area (Å²) in [5.74, 6) is 1.09. The lowest BCUT2D eigenvalue weighted by Crippen LogP contribution is -2.29. The molecule has 0 saturated heterocycles. The number of aryl methyl sites for hydroxylation is 1. The van der Waals surface area contributed by atoms with Gasteiger partial charge in [0.2, 0.25) is 0 Å². The predicted octanol–water partition coefficient (Wildman–Crippen LogP) is 2.47. The molecule has 16 heavy (non-hydrogen) atoms. The van der Waals surface area contributed by atoms with Crippen LogP contribution in [-0.4, -0.2) is 24.1 Å². The third-order valence-corrected chi connectivity index (χ3v) is 3.73. The van der Waals surface area contributed by atoms with Crippen LogP contribution in [0.15, 0.2) is 16.6 Å². The molecule has 1 aliphatic rings. The standard InChI is InChI=1S/C12H18BrN3/c1-9-11(13)5-6-12(15-9)16(8-2-7-14)10-3-4-10/h5-6,10H,2-4,7-8,14H2,1H3. The van der Waals surface area contributed by atoms with Gasteiger partial charge in [-0.3, -0.25) is 0 Å². The summed E-state index contributed by atoms with van der Waals surface area (Å²) in [5.41, 5.74) is 6.63. The van der Waals surface area contributed by atoms with Crippen molar-refractivity contribution in [1.29, 1.82) is 0 Å². The van der Waals surface area contributed by atoms with Crippen molar-refractivity contribution in [2.24, 2.45) is 5.73 Å². The lowest BCUT2D eigenvalue weighted by molar-refractivity contribution is 0.721. The molecule has 1 heterocycles. The van der Waals surface area contributed by atoms with Crippen molar-refractivity contribution in [3.63, 3.8) is 0 Å². The lowest BCUT2D eigenvalue weighted by atomic mass is 10.3. The van der Waals surface area contributed by atoms with Crippen LogP contribution in [0, 0.1) is 6.92 Å². The fraction of sp³-hybridized carbons (Fsp3) is 0.583. The Kier molecular flexibility index (Phi) is 3.82. The number of nitrogens with two attached hydrogens (primary N) is 1. The van der Waals surface area contributed by atoms with Gasteiger partial charge in [-0.25, -0.2) is 4.98 Å². The Hall–Kier alpha value is -0.610. The highest BCUT2D eigenvalue weighted by molar-refractivity contribution is 9.10. The van der Waals surface area contributed by atoms with E-state index in [1.807, 2.05) is 6.92 Å². The molecule has 1 saturated carbocycles. The monoisotopic (exact) mass is 283 g/mol. The Labute approximate surface area is 105 Å². The van der Waals surface area contributed by atoms with Gasteiger partial charge < -0.3 is 10.6 Å². The van der Waals surface area contributed by atoms with Gasteiger partial charge in [0.15, 0.2) is 0 Å². The summed E-state index contributed by atoms with van der Waals surface area (Å²) in [6.07, 6.45) is 3.62. The van der Waals surface area contributed by atoms with Crippen molar-refractivity contribution in [3.05, 3.63) is 22.3 Å². The van der Waals surface area contributed by atoms with Gasteiger partial charge in [0.25, 0.3) is 0 Å². The van der Waals surface area contributed by atoms with Gasteiger partial charge in [-0.1, -0.05) is 0 Å². The van der Waals surface area contributed by atoms with E-state index in [2.05, 4.69) is 37.9 Å². The largest absolute Gasteiger partial charge is 0.354 e. The van der Waals surface area contributed by atoms with Crippen molar-refractivity contribution in [2.45, 2.75) is 32.2 Å². The Bertz CT molecular complexity index is 363. The minimum Gasteiger partial charge on any atom is -0.354 e. The first-order valence-corrected chi connectivity index (χ1v) is 6.61. The molecule has 0 amide bonds. The SMILES string of the molecule is Cc1nc(N(CCCN)C2CC2)ccc1Br. The van der Waals surface area contributed by atoms with Gasteiger partial charge in [-0.05, 0) is 60.8 Å². The van der Waals surface area contributed by atoms with E-state index in [9.17, 15) is 0 Å². The number of aromatic nitrogens is 1. The topological polar surface area (TPSA) is 42.2 Å². The Morgan fingerprint density at radius 1 is 1.50 bits per heavy atom. The molecule has 1 aromatic heterocycles. The number of halogens is 1. The normalized spacial score (nSPS) is 15.2. The molecular weight excluding hydrogens is 266 g/mol. The third-order valence-electron chi connectivity index (χ3n) is 2.89. The van der Waals surface area contributed by atoms with Crippen LogP contribution in [0.1, 0.15) is 25.0 Å². The molecule has 0 atom stereocenters. The zero-order valence-electron chi connectivity index (χ0n) is 9.62. The molecular formula is C12H18BrN3. The second kappa shape index (κ2) is 5.15. The lowest BCUT2D eigenvalue weighted by Gasteiger charge is -2.23. The highest BCUT2D eigenvalue weighted by atomic mass is 79.9. The van der Waals surface area contributed by atoms with Gasteiger partial charge in [0, 0.05) is 17.1 Å². The van der Waals surface area contributed by atoms with Crippen molar-refractivity contribution in [3.8, 4) is 0 Å². The highest BCUT2D eigenvalue weighted by Crippen LogP contribution is 2.31. The first-order chi connectivity index (χ1) is 7.72. The van der Waals surface area contributed by atoms with Crippen LogP contribution >= 0.6 is 15.9 Å². The fourth-order valence-corrected chi connectivity index (χ4v) is 2.04. The molecule has 0 unspecified atom stereocenters. The van der Waals surface area contributed by atoms with Crippen LogP contribution in [-0.2, 0) is 0 Å². The zero-order chi connectivity index (χ0) is 11.5. The van der Waals surface area contributed by atoms with E-state index in [0.29, 0.717) is 6.04 Å². The maximum Gasteiger partial charge on any atom is 0.129 e. The van der Waals surface area contributed by atoms with Crippen molar-refractivity contribution >= 4 is 21.7 Å². The van der Waals surface area contributed by atoms with Crippen molar-refractivity contribution in [2.75, 3.05) is 18.0 Å². The number of nitrogens with zero attached hydrogens (tertiary/aromatic N) is 2. The Morgan fingerprint density at radius 2 is 2.25 bits per heavy atom. The first kappa shape index (κ1) is 11.9. The number of anilines is 1. The Morgan fingerprint density at radius 3 is 2.81 bits per heavy atom. The van der Waals surface area contributed by atoms with E-state index in [4.69, 9.17) is 5.73 Å². The fourth-order valence-electron chi connectivity index (χ4n) is 1.82. The molecule has 0 spiro atoms. The van der Waals surface area contributed by atoms with E-state index in [-0.39, 0.29) is 0 Å². The van der Waals surface area contributed by atoms with Gasteiger partial charge in [0.05, 0.1) is 5.69 Å². The van der Waals surface area contributed by atoms with Gasteiger partial charge in [-0.2, -0.15) is 0 Å². The van der Waals surface area contributed by atoms with Crippen LogP contribution in [0.4, 0.5) is 5.82 Å². The van der Waals surface area contributed by atoms with Gasteiger partial charge in [-0.15, -0.1) is 0 Å². The quantitative estimate of drug-likeness (QED) is 0.903. The minimum absolute atomic E-state index is 0.694. The first-order valence-electron chi connectivity index (χ1n) is 5.82. The van der Waals surface area contributed by atoms with Crippen LogP contribution in [0.2, 0.25) is 0 Å². The number of hydrogen-bond donors (Lipinski definition) is 1. The second-order valence-electron chi connectivity index (χ2n) is 4.30. The molecule has 3 nitrogen and oxygen atoms in total. The molecule has 0 bridgehead atoms. The van der Waals surface area contributed by atoms with Crippen LogP contribution in [0.3, 0.4) is 0 Å². The summed E-state index contributed by atoms with van der Waals surface area (Å²) in [6.45, 7) is 3.80. The summed E-state index contributed by atoms with van der Waals surface area (Å²) >= 11 is 3.48. The molecule has 88 valence electrons. The highest BCUT2D eigenvalue weighted by Gasteiger charge is 2.29. The molecule has 4 heteroatoms. The maximum atomic E-state index is 5.57. The average molecular weight is 284 g/mol. The summed E-state index contributed by atoms with van der Waals surface area (Å²) in [7, 11) is 0. The third kappa shape index (κ3) is 2.74. The zero-order valence-corrected chi connectivity index (χ0v) is 11.2. The molecule has 2 rings (SSSR count). The minimum atomic E-state index is 0.694. The van der Waals surface area contributed by atoms with Gasteiger partial charge >= 0.3 is 0 Å². The van der Waals surface area contributed by atoms with Crippen LogP contribution < -0.4 is 10.6 Å². The van der Waals surface area contributed by atoms with Crippen LogP contribution in [0.25, 0.3) is 0 Å². The molecule has 0 aliphatic heterocycles. The van der Waals surface area contributed by atoms with Gasteiger partial charge in [0.1, 0.15) is 5.82 Å². The summed E-state index contributed by atoms with van der Waals surface area (Å²) in [4.78, 5) is 7.02. The molecule has 0 radical (unpaired) electrons. The number of pyridine rings is 1. The van der Waals surface area contributed by atoms with E-state index >= 15 is 0 Å². The number of rotatable bonds is 5. The van der Waals surface area contributed by atoms with E-state index < -0.39 is 0 Å². The van der Waals surface area contributed by atoms with E-state index in [1.165, 1.54) is 12.8 Å².